The summed E-state index contributed by atoms with van der Waals surface area (Å²) in [7, 11) is -3.87. The Morgan fingerprint density at radius 1 is 1.39 bits per heavy atom. The van der Waals surface area contributed by atoms with E-state index in [0.717, 1.165) is 0 Å². The van der Waals surface area contributed by atoms with Crippen molar-refractivity contribution in [2.45, 2.75) is 18.7 Å². The Bertz CT molecular complexity index is 552. The number of carbonyl (C=O) groups excluding carboxylic acids is 1. The van der Waals surface area contributed by atoms with Gasteiger partial charge in [-0.1, -0.05) is 12.1 Å². The number of nitrogens with one attached hydrogen (secondary N) is 1. The summed E-state index contributed by atoms with van der Waals surface area (Å²) in [5.74, 6) is -0.954. The molecular weight excluding hydrogens is 256 g/mol. The maximum atomic E-state index is 11.9. The summed E-state index contributed by atoms with van der Waals surface area (Å²) in [6, 6.07) is 5.55. The van der Waals surface area contributed by atoms with E-state index in [1.165, 1.54) is 38.1 Å². The first-order chi connectivity index (χ1) is 8.17. The number of phenolic OH excluding ortho intramolecular Hbond substituents is 1. The zero-order chi connectivity index (χ0) is 14.0. The van der Waals surface area contributed by atoms with Crippen molar-refractivity contribution in [3.63, 3.8) is 0 Å². The number of primary amides is 1. The van der Waals surface area contributed by atoms with Crippen molar-refractivity contribution in [1.82, 2.24) is 4.72 Å². The summed E-state index contributed by atoms with van der Waals surface area (Å²) in [5.41, 5.74) is 4.14. The SMILES string of the molecule is CC(C)(CNS(=O)(=O)c1ccccc1O)C(N)=O. The molecule has 7 heteroatoms. The molecule has 0 aromatic heterocycles. The van der Waals surface area contributed by atoms with Crippen LogP contribution >= 0.6 is 0 Å². The molecule has 0 saturated heterocycles. The highest BCUT2D eigenvalue weighted by atomic mass is 32.2. The van der Waals surface area contributed by atoms with Crippen molar-refractivity contribution < 1.29 is 18.3 Å². The Hall–Kier alpha value is -1.60. The van der Waals surface area contributed by atoms with Crippen molar-refractivity contribution in [1.29, 1.82) is 0 Å². The van der Waals surface area contributed by atoms with Crippen LogP contribution in [0.15, 0.2) is 29.2 Å². The lowest BCUT2D eigenvalue weighted by molar-refractivity contribution is -0.125. The quantitative estimate of drug-likeness (QED) is 0.710. The molecule has 1 aromatic rings. The average molecular weight is 272 g/mol. The van der Waals surface area contributed by atoms with Crippen LogP contribution in [0.2, 0.25) is 0 Å². The fraction of sp³-hybridized carbons (Fsp3) is 0.364. The fourth-order valence-electron chi connectivity index (χ4n) is 1.12. The predicted molar refractivity (Wildman–Crippen MR) is 66.3 cm³/mol. The van der Waals surface area contributed by atoms with Gasteiger partial charge in [-0.2, -0.15) is 0 Å². The van der Waals surface area contributed by atoms with Crippen molar-refractivity contribution in [3.05, 3.63) is 24.3 Å². The van der Waals surface area contributed by atoms with Gasteiger partial charge in [-0.05, 0) is 26.0 Å². The van der Waals surface area contributed by atoms with E-state index in [1.54, 1.807) is 0 Å². The van der Waals surface area contributed by atoms with Gasteiger partial charge in [-0.3, -0.25) is 4.79 Å². The van der Waals surface area contributed by atoms with Gasteiger partial charge < -0.3 is 10.8 Å². The number of carbonyl (C=O) groups is 1. The van der Waals surface area contributed by atoms with Gasteiger partial charge >= 0.3 is 0 Å². The van der Waals surface area contributed by atoms with E-state index in [-0.39, 0.29) is 17.2 Å². The summed E-state index contributed by atoms with van der Waals surface area (Å²) < 4.78 is 26.0. The fourth-order valence-corrected chi connectivity index (χ4v) is 2.43. The van der Waals surface area contributed by atoms with Crippen LogP contribution in [-0.4, -0.2) is 26.0 Å². The van der Waals surface area contributed by atoms with Crippen molar-refractivity contribution in [3.8, 4) is 5.75 Å². The third-order valence-electron chi connectivity index (χ3n) is 2.53. The topological polar surface area (TPSA) is 109 Å². The molecule has 0 unspecified atom stereocenters. The summed E-state index contributed by atoms with van der Waals surface area (Å²) in [6.45, 7) is 2.92. The largest absolute Gasteiger partial charge is 0.507 e. The summed E-state index contributed by atoms with van der Waals surface area (Å²) in [6.07, 6.45) is 0. The lowest BCUT2D eigenvalue weighted by atomic mass is 9.93. The highest BCUT2D eigenvalue weighted by Crippen LogP contribution is 2.22. The van der Waals surface area contributed by atoms with E-state index in [0.29, 0.717) is 0 Å². The molecule has 0 heterocycles. The summed E-state index contributed by atoms with van der Waals surface area (Å²) >= 11 is 0. The van der Waals surface area contributed by atoms with Gasteiger partial charge in [-0.15, -0.1) is 0 Å². The molecule has 1 amide bonds. The van der Waals surface area contributed by atoms with E-state index in [2.05, 4.69) is 4.72 Å². The van der Waals surface area contributed by atoms with Crippen LogP contribution in [0.4, 0.5) is 0 Å². The highest BCUT2D eigenvalue weighted by molar-refractivity contribution is 7.89. The van der Waals surface area contributed by atoms with Gasteiger partial charge in [0.05, 0.1) is 5.41 Å². The molecule has 0 radical (unpaired) electrons. The van der Waals surface area contributed by atoms with Crippen LogP contribution in [0.1, 0.15) is 13.8 Å². The van der Waals surface area contributed by atoms with Gasteiger partial charge in [0.2, 0.25) is 15.9 Å². The molecule has 0 aliphatic heterocycles. The summed E-state index contributed by atoms with van der Waals surface area (Å²) in [5, 5.41) is 9.47. The van der Waals surface area contributed by atoms with E-state index >= 15 is 0 Å². The lowest BCUT2D eigenvalue weighted by Gasteiger charge is -2.20. The third kappa shape index (κ3) is 3.21. The van der Waals surface area contributed by atoms with E-state index in [1.807, 2.05) is 0 Å². The first kappa shape index (κ1) is 14.5. The molecule has 0 atom stereocenters. The Morgan fingerprint density at radius 2 is 1.94 bits per heavy atom. The molecule has 0 aliphatic carbocycles. The molecule has 1 rings (SSSR count). The number of amides is 1. The van der Waals surface area contributed by atoms with Crippen molar-refractivity contribution in [2.24, 2.45) is 11.1 Å². The lowest BCUT2D eigenvalue weighted by Crippen LogP contribution is -2.42. The van der Waals surface area contributed by atoms with Crippen molar-refractivity contribution >= 4 is 15.9 Å². The molecule has 100 valence electrons. The van der Waals surface area contributed by atoms with Gasteiger partial charge in [-0.25, -0.2) is 13.1 Å². The molecule has 0 fully saturated rings. The van der Waals surface area contributed by atoms with Crippen LogP contribution in [0.25, 0.3) is 0 Å². The maximum Gasteiger partial charge on any atom is 0.244 e. The Morgan fingerprint density at radius 3 is 2.44 bits per heavy atom. The Kier molecular flexibility index (Phi) is 3.98. The Balaban J connectivity index is 2.92. The first-order valence-electron chi connectivity index (χ1n) is 5.24. The highest BCUT2D eigenvalue weighted by Gasteiger charge is 2.28. The normalized spacial score (nSPS) is 12.3. The number of aromatic hydroxyl groups is 1. The van der Waals surface area contributed by atoms with Crippen LogP contribution in [0.3, 0.4) is 0 Å². The van der Waals surface area contributed by atoms with Crippen LogP contribution < -0.4 is 10.5 Å². The van der Waals surface area contributed by atoms with Crippen LogP contribution in [0, 0.1) is 5.41 Å². The van der Waals surface area contributed by atoms with Gasteiger partial charge in [0.1, 0.15) is 10.6 Å². The smallest absolute Gasteiger partial charge is 0.244 e. The van der Waals surface area contributed by atoms with E-state index < -0.39 is 21.3 Å². The molecule has 0 saturated carbocycles. The second-order valence-corrected chi connectivity index (χ2v) is 6.28. The van der Waals surface area contributed by atoms with Crippen LogP contribution in [0.5, 0.6) is 5.75 Å². The van der Waals surface area contributed by atoms with E-state index in [4.69, 9.17) is 5.73 Å². The maximum absolute atomic E-state index is 11.9. The van der Waals surface area contributed by atoms with Crippen molar-refractivity contribution in [2.75, 3.05) is 6.54 Å². The number of rotatable bonds is 5. The number of para-hydroxylation sites is 1. The number of phenols is 1. The van der Waals surface area contributed by atoms with Gasteiger partial charge in [0.15, 0.2) is 0 Å². The third-order valence-corrected chi connectivity index (χ3v) is 3.97. The number of hydrogen-bond acceptors (Lipinski definition) is 4. The zero-order valence-electron chi connectivity index (χ0n) is 10.2. The standard InChI is InChI=1S/C11H16N2O4S/c1-11(2,10(12)15)7-13-18(16,17)9-6-4-3-5-8(9)14/h3-6,13-14H,7H2,1-2H3,(H2,12,15). The number of hydrogen-bond donors (Lipinski definition) is 3. The molecule has 0 spiro atoms. The minimum absolute atomic E-state index is 0.140. The molecule has 4 N–H and O–H groups in total. The molecule has 18 heavy (non-hydrogen) atoms. The first-order valence-corrected chi connectivity index (χ1v) is 6.73. The summed E-state index contributed by atoms with van der Waals surface area (Å²) in [4.78, 5) is 10.8. The minimum Gasteiger partial charge on any atom is -0.507 e. The minimum atomic E-state index is -3.87. The molecule has 1 aromatic carbocycles. The van der Waals surface area contributed by atoms with Crippen LogP contribution in [-0.2, 0) is 14.8 Å². The molecule has 0 bridgehead atoms. The van der Waals surface area contributed by atoms with Gasteiger partial charge in [0.25, 0.3) is 0 Å². The number of sulfonamides is 1. The number of nitrogens with two attached hydrogens (primary N) is 1. The average Bonchev–Trinajstić information content (AvgIpc) is 2.27. The Labute approximate surface area is 106 Å². The zero-order valence-corrected chi connectivity index (χ0v) is 11.0. The molecular formula is C11H16N2O4S. The predicted octanol–water partition coefficient (Wildman–Crippen LogP) is 0.182. The molecule has 0 aliphatic rings. The number of benzene rings is 1. The second kappa shape index (κ2) is 4.95. The van der Waals surface area contributed by atoms with E-state index in [9.17, 15) is 18.3 Å². The van der Waals surface area contributed by atoms with Gasteiger partial charge in [0, 0.05) is 6.54 Å². The monoisotopic (exact) mass is 272 g/mol. The second-order valence-electron chi connectivity index (χ2n) is 4.54. The molecule has 6 nitrogen and oxygen atoms in total.